The summed E-state index contributed by atoms with van der Waals surface area (Å²) in [6.07, 6.45) is 0.590. The molecule has 0 aromatic carbocycles. The molecule has 1 saturated heterocycles. The van der Waals surface area contributed by atoms with E-state index in [1.54, 1.807) is 6.92 Å². The number of carbonyl (C=O) groups excluding carboxylic acids is 1. The number of carbonyl (C=O) groups is 1. The van der Waals surface area contributed by atoms with Crippen LogP contribution in [0.1, 0.15) is 19.8 Å². The Morgan fingerprint density at radius 2 is 1.71 bits per heavy atom. The van der Waals surface area contributed by atoms with Crippen molar-refractivity contribution >= 4 is 11.7 Å². The highest BCUT2D eigenvalue weighted by Gasteiger charge is 2.31. The van der Waals surface area contributed by atoms with Crippen LogP contribution in [0.3, 0.4) is 0 Å². The Bertz CT molecular complexity index is 519. The number of halogens is 4. The van der Waals surface area contributed by atoms with Crippen molar-refractivity contribution in [2.75, 3.05) is 24.6 Å². The second-order valence-corrected chi connectivity index (χ2v) is 4.68. The Balaban J connectivity index is 2.15. The fourth-order valence-corrected chi connectivity index (χ4v) is 2.35. The number of anilines is 1. The molecule has 0 amide bonds. The Labute approximate surface area is 118 Å². The van der Waals surface area contributed by atoms with Crippen LogP contribution in [0.4, 0.5) is 23.2 Å². The summed E-state index contributed by atoms with van der Waals surface area (Å²) in [4.78, 5) is 15.3. The molecule has 0 atom stereocenters. The molecule has 4 nitrogen and oxygen atoms in total. The molecular weight excluding hydrogens is 292 g/mol. The van der Waals surface area contributed by atoms with Gasteiger partial charge in [-0.05, 0) is 19.8 Å². The maximum absolute atomic E-state index is 13.6. The third kappa shape index (κ3) is 3.08. The van der Waals surface area contributed by atoms with Crippen LogP contribution in [0.5, 0.6) is 0 Å². The predicted octanol–water partition coefficient (Wildman–Crippen LogP) is 2.42. The van der Waals surface area contributed by atoms with E-state index in [0.29, 0.717) is 12.8 Å². The van der Waals surface area contributed by atoms with Crippen molar-refractivity contribution in [2.45, 2.75) is 19.8 Å². The highest BCUT2D eigenvalue weighted by atomic mass is 19.2. The van der Waals surface area contributed by atoms with E-state index in [4.69, 9.17) is 4.74 Å². The summed E-state index contributed by atoms with van der Waals surface area (Å²) in [6.45, 7) is 2.13. The first kappa shape index (κ1) is 15.5. The number of ether oxygens (including phenoxy) is 1. The molecule has 0 aliphatic carbocycles. The van der Waals surface area contributed by atoms with Gasteiger partial charge in [0.1, 0.15) is 5.69 Å². The molecule has 1 aromatic heterocycles. The fourth-order valence-electron chi connectivity index (χ4n) is 2.35. The number of rotatable bonds is 3. The Hall–Kier alpha value is -1.86. The number of piperidine rings is 1. The molecule has 2 rings (SSSR count). The van der Waals surface area contributed by atoms with E-state index < -0.39 is 29.2 Å². The lowest BCUT2D eigenvalue weighted by molar-refractivity contribution is -0.148. The van der Waals surface area contributed by atoms with E-state index >= 15 is 0 Å². The summed E-state index contributed by atoms with van der Waals surface area (Å²) >= 11 is 0. The largest absolute Gasteiger partial charge is 0.466 e. The van der Waals surface area contributed by atoms with Crippen molar-refractivity contribution in [3.63, 3.8) is 0 Å². The van der Waals surface area contributed by atoms with Gasteiger partial charge in [0, 0.05) is 13.1 Å². The average Bonchev–Trinajstić information content (AvgIpc) is 2.46. The van der Waals surface area contributed by atoms with Crippen molar-refractivity contribution < 1.29 is 27.1 Å². The molecule has 1 aliphatic heterocycles. The Kier molecular flexibility index (Phi) is 4.64. The highest BCUT2D eigenvalue weighted by molar-refractivity contribution is 5.72. The first-order valence-electron chi connectivity index (χ1n) is 6.57. The van der Waals surface area contributed by atoms with Crippen LogP contribution in [0.2, 0.25) is 0 Å². The molecule has 8 heteroatoms. The first-order chi connectivity index (χ1) is 9.95. The van der Waals surface area contributed by atoms with Gasteiger partial charge >= 0.3 is 5.97 Å². The number of hydrogen-bond donors (Lipinski definition) is 0. The molecule has 1 fully saturated rings. The Morgan fingerprint density at radius 3 is 2.19 bits per heavy atom. The quantitative estimate of drug-likeness (QED) is 0.489. The number of aromatic nitrogens is 1. The molecule has 0 spiro atoms. The summed E-state index contributed by atoms with van der Waals surface area (Å²) in [6, 6.07) is 0. The smallest absolute Gasteiger partial charge is 0.309 e. The lowest BCUT2D eigenvalue weighted by Crippen LogP contribution is -2.38. The zero-order chi connectivity index (χ0) is 15.6. The van der Waals surface area contributed by atoms with Gasteiger partial charge in [-0.25, -0.2) is 0 Å². The number of nitrogens with zero attached hydrogens (tertiary/aromatic N) is 2. The number of esters is 1. The summed E-state index contributed by atoms with van der Waals surface area (Å²) in [5.41, 5.74) is -0.776. The van der Waals surface area contributed by atoms with E-state index in [9.17, 15) is 22.4 Å². The van der Waals surface area contributed by atoms with Crippen LogP contribution >= 0.6 is 0 Å². The molecular formula is C13H14F4N2O2. The van der Waals surface area contributed by atoms with Crippen molar-refractivity contribution in [3.8, 4) is 0 Å². The van der Waals surface area contributed by atoms with Crippen molar-refractivity contribution in [3.05, 3.63) is 23.5 Å². The van der Waals surface area contributed by atoms with E-state index in [2.05, 4.69) is 4.98 Å². The molecule has 1 aliphatic rings. The lowest BCUT2D eigenvalue weighted by Gasteiger charge is -2.32. The molecule has 0 radical (unpaired) electrons. The van der Waals surface area contributed by atoms with Gasteiger partial charge in [-0.3, -0.25) is 4.79 Å². The van der Waals surface area contributed by atoms with E-state index in [0.717, 1.165) is 0 Å². The predicted molar refractivity (Wildman–Crippen MR) is 65.6 cm³/mol. The molecule has 1 aromatic rings. The van der Waals surface area contributed by atoms with Gasteiger partial charge in [-0.2, -0.15) is 22.5 Å². The molecule has 0 saturated carbocycles. The van der Waals surface area contributed by atoms with Crippen molar-refractivity contribution in [2.24, 2.45) is 5.92 Å². The lowest BCUT2D eigenvalue weighted by atomic mass is 9.96. The van der Waals surface area contributed by atoms with Gasteiger partial charge in [-0.1, -0.05) is 0 Å². The van der Waals surface area contributed by atoms with Gasteiger partial charge < -0.3 is 9.64 Å². The fraction of sp³-hybridized carbons (Fsp3) is 0.538. The topological polar surface area (TPSA) is 42.4 Å². The monoisotopic (exact) mass is 306 g/mol. The minimum atomic E-state index is -1.68. The minimum absolute atomic E-state index is 0.0974. The van der Waals surface area contributed by atoms with Gasteiger partial charge in [0.15, 0.2) is 0 Å². The highest BCUT2D eigenvalue weighted by Crippen LogP contribution is 2.30. The number of hydrogen-bond acceptors (Lipinski definition) is 4. The van der Waals surface area contributed by atoms with Crippen LogP contribution < -0.4 is 4.90 Å². The van der Waals surface area contributed by atoms with Crippen molar-refractivity contribution in [1.29, 1.82) is 0 Å². The van der Waals surface area contributed by atoms with Gasteiger partial charge in [0.25, 0.3) is 11.9 Å². The molecule has 21 heavy (non-hydrogen) atoms. The van der Waals surface area contributed by atoms with Gasteiger partial charge in [0.05, 0.1) is 12.5 Å². The van der Waals surface area contributed by atoms with Crippen LogP contribution in [-0.4, -0.2) is 30.6 Å². The zero-order valence-corrected chi connectivity index (χ0v) is 11.3. The third-order valence-electron chi connectivity index (χ3n) is 3.41. The van der Waals surface area contributed by atoms with Gasteiger partial charge in [0.2, 0.25) is 11.6 Å². The number of pyridine rings is 1. The van der Waals surface area contributed by atoms with Gasteiger partial charge in [-0.15, -0.1) is 0 Å². The molecule has 2 heterocycles. The summed E-state index contributed by atoms with van der Waals surface area (Å²) in [5, 5.41) is 0. The van der Waals surface area contributed by atoms with Crippen LogP contribution in [0.25, 0.3) is 0 Å². The van der Waals surface area contributed by atoms with E-state index in [1.165, 1.54) is 4.90 Å². The SMILES string of the molecule is CCOC(=O)C1CCN(c2c(F)c(F)nc(F)c2F)CC1. The third-order valence-corrected chi connectivity index (χ3v) is 3.41. The molecule has 116 valence electrons. The summed E-state index contributed by atoms with van der Waals surface area (Å²) in [5.74, 6) is -7.16. The maximum atomic E-state index is 13.6. The van der Waals surface area contributed by atoms with E-state index in [-0.39, 0.29) is 31.6 Å². The maximum Gasteiger partial charge on any atom is 0.309 e. The van der Waals surface area contributed by atoms with Crippen LogP contribution in [0.15, 0.2) is 0 Å². The van der Waals surface area contributed by atoms with Crippen molar-refractivity contribution in [1.82, 2.24) is 4.98 Å². The second kappa shape index (κ2) is 6.28. The van der Waals surface area contributed by atoms with E-state index in [1.807, 2.05) is 0 Å². The normalized spacial score (nSPS) is 16.1. The van der Waals surface area contributed by atoms with Crippen LogP contribution in [0, 0.1) is 29.4 Å². The molecule has 0 bridgehead atoms. The van der Waals surface area contributed by atoms with Crippen LogP contribution in [-0.2, 0) is 9.53 Å². The minimum Gasteiger partial charge on any atom is -0.466 e. The average molecular weight is 306 g/mol. The molecule has 0 unspecified atom stereocenters. The summed E-state index contributed by atoms with van der Waals surface area (Å²) < 4.78 is 58.3. The Morgan fingerprint density at radius 1 is 1.19 bits per heavy atom. The first-order valence-corrected chi connectivity index (χ1v) is 6.57. The zero-order valence-electron chi connectivity index (χ0n) is 11.3. The molecule has 0 N–H and O–H groups in total. The summed E-state index contributed by atoms with van der Waals surface area (Å²) in [7, 11) is 0. The second-order valence-electron chi connectivity index (χ2n) is 4.68. The standard InChI is InChI=1S/C13H14F4N2O2/c1-2-21-13(20)7-3-5-19(6-4-7)10-8(14)11(16)18-12(17)9(10)15/h7H,2-6H2,1H3.